The third-order valence-corrected chi connectivity index (χ3v) is 1.48. The molecule has 1 amide bonds. The molecule has 0 rings (SSSR count). The summed E-state index contributed by atoms with van der Waals surface area (Å²) in [5.41, 5.74) is 0. The Kier molecular flexibility index (Phi) is 4.58. The number of nitrogens with one attached hydrogen (secondary N) is 1. The topological polar surface area (TPSA) is 63.2 Å². The summed E-state index contributed by atoms with van der Waals surface area (Å²) < 4.78 is 0. The number of amides is 1. The Morgan fingerprint density at radius 2 is 1.83 bits per heavy atom. The lowest BCUT2D eigenvalue weighted by atomic mass is 10.2. The molecule has 1 atom stereocenters. The van der Waals surface area contributed by atoms with Crippen LogP contribution in [0.2, 0.25) is 0 Å². The second-order valence-electron chi connectivity index (χ2n) is 2.50. The van der Waals surface area contributed by atoms with Gasteiger partial charge in [-0.25, -0.2) is 0 Å². The fraction of sp³-hybridized carbons (Fsp3) is 0.571. The molecule has 0 aromatic heterocycles. The monoisotopic (exact) mass is 189 g/mol. The first-order chi connectivity index (χ1) is 5.43. The molecule has 0 aliphatic rings. The fourth-order valence-electron chi connectivity index (χ4n) is 0.733. The molecule has 0 aromatic rings. The SMILES string of the molecule is CC(=O)C[C@@H](NC(C)=O)C(=O)S. The molecule has 0 aliphatic heterocycles. The second-order valence-corrected chi connectivity index (χ2v) is 2.94. The van der Waals surface area contributed by atoms with Gasteiger partial charge in [0.15, 0.2) is 0 Å². The minimum absolute atomic E-state index is 0.00190. The minimum Gasteiger partial charge on any atom is -0.345 e. The van der Waals surface area contributed by atoms with E-state index in [0.717, 1.165) is 0 Å². The van der Waals surface area contributed by atoms with E-state index < -0.39 is 11.2 Å². The quantitative estimate of drug-likeness (QED) is 0.608. The van der Waals surface area contributed by atoms with Crippen LogP contribution in [0, 0.1) is 0 Å². The lowest BCUT2D eigenvalue weighted by molar-refractivity contribution is -0.125. The Labute approximate surface area is 76.1 Å². The summed E-state index contributed by atoms with van der Waals surface area (Å²) in [5.74, 6) is -0.500. The molecule has 0 saturated heterocycles. The standard InChI is InChI=1S/C7H11NO3S/c1-4(9)3-6(7(11)12)8-5(2)10/h6H,3H2,1-2H3,(H,8,10)(H,11,12)/t6-/m1/s1. The fourth-order valence-corrected chi connectivity index (χ4v) is 0.889. The highest BCUT2D eigenvalue weighted by Crippen LogP contribution is 1.97. The van der Waals surface area contributed by atoms with E-state index in [1.165, 1.54) is 13.8 Å². The van der Waals surface area contributed by atoms with E-state index in [9.17, 15) is 14.4 Å². The number of carbonyl (C=O) groups excluding carboxylic acids is 3. The summed E-state index contributed by atoms with van der Waals surface area (Å²) in [6.45, 7) is 2.63. The Morgan fingerprint density at radius 3 is 2.08 bits per heavy atom. The lowest BCUT2D eigenvalue weighted by Crippen LogP contribution is -2.38. The van der Waals surface area contributed by atoms with E-state index in [2.05, 4.69) is 17.9 Å². The van der Waals surface area contributed by atoms with Crippen molar-refractivity contribution in [3.05, 3.63) is 0 Å². The zero-order chi connectivity index (χ0) is 9.72. The summed E-state index contributed by atoms with van der Waals surface area (Å²) in [6.07, 6.45) is 0.00190. The van der Waals surface area contributed by atoms with Gasteiger partial charge >= 0.3 is 0 Å². The molecular weight excluding hydrogens is 178 g/mol. The van der Waals surface area contributed by atoms with Crippen LogP contribution in [0.25, 0.3) is 0 Å². The van der Waals surface area contributed by atoms with Crippen molar-refractivity contribution in [3.8, 4) is 0 Å². The van der Waals surface area contributed by atoms with Gasteiger partial charge in [-0.1, -0.05) is 0 Å². The van der Waals surface area contributed by atoms with Crippen molar-refractivity contribution in [1.29, 1.82) is 0 Å². The number of hydrogen-bond acceptors (Lipinski definition) is 3. The van der Waals surface area contributed by atoms with E-state index in [-0.39, 0.29) is 18.1 Å². The van der Waals surface area contributed by atoms with E-state index in [4.69, 9.17) is 0 Å². The molecule has 0 fully saturated rings. The zero-order valence-corrected chi connectivity index (χ0v) is 7.85. The van der Waals surface area contributed by atoms with Crippen LogP contribution >= 0.6 is 12.6 Å². The van der Waals surface area contributed by atoms with Crippen molar-refractivity contribution < 1.29 is 14.4 Å². The Morgan fingerprint density at radius 1 is 1.33 bits per heavy atom. The highest BCUT2D eigenvalue weighted by Gasteiger charge is 2.17. The normalized spacial score (nSPS) is 11.9. The van der Waals surface area contributed by atoms with Gasteiger partial charge in [-0.3, -0.25) is 14.4 Å². The largest absolute Gasteiger partial charge is 0.345 e. The van der Waals surface area contributed by atoms with Crippen LogP contribution in [0.15, 0.2) is 0 Å². The van der Waals surface area contributed by atoms with Gasteiger partial charge in [0.25, 0.3) is 0 Å². The number of hydrogen-bond donors (Lipinski definition) is 2. The van der Waals surface area contributed by atoms with Crippen molar-refractivity contribution in [2.24, 2.45) is 0 Å². The predicted molar refractivity (Wildman–Crippen MR) is 46.9 cm³/mol. The summed E-state index contributed by atoms with van der Waals surface area (Å²) in [4.78, 5) is 31.8. The van der Waals surface area contributed by atoms with E-state index >= 15 is 0 Å². The smallest absolute Gasteiger partial charge is 0.217 e. The summed E-state index contributed by atoms with van der Waals surface area (Å²) in [7, 11) is 0. The van der Waals surface area contributed by atoms with Crippen molar-refractivity contribution in [2.45, 2.75) is 26.3 Å². The van der Waals surface area contributed by atoms with Gasteiger partial charge in [0, 0.05) is 13.3 Å². The van der Waals surface area contributed by atoms with Crippen LogP contribution in [-0.4, -0.2) is 22.8 Å². The van der Waals surface area contributed by atoms with E-state index in [1.54, 1.807) is 0 Å². The van der Waals surface area contributed by atoms with Gasteiger partial charge < -0.3 is 5.32 Å². The van der Waals surface area contributed by atoms with Gasteiger partial charge in [-0.15, -0.1) is 12.6 Å². The molecule has 0 radical (unpaired) electrons. The van der Waals surface area contributed by atoms with Crippen molar-refractivity contribution in [3.63, 3.8) is 0 Å². The summed E-state index contributed by atoms with van der Waals surface area (Å²) in [6, 6.07) is -0.789. The zero-order valence-electron chi connectivity index (χ0n) is 6.96. The number of rotatable bonds is 4. The Balaban J connectivity index is 4.14. The van der Waals surface area contributed by atoms with Gasteiger partial charge in [0.05, 0.1) is 0 Å². The second kappa shape index (κ2) is 4.92. The first-order valence-electron chi connectivity index (χ1n) is 3.43. The van der Waals surface area contributed by atoms with E-state index in [1.807, 2.05) is 0 Å². The number of thiol groups is 1. The molecule has 0 aliphatic carbocycles. The molecular formula is C7H11NO3S. The van der Waals surface area contributed by atoms with Gasteiger partial charge in [-0.05, 0) is 6.92 Å². The molecule has 0 unspecified atom stereocenters. The van der Waals surface area contributed by atoms with Gasteiger partial charge in [0.1, 0.15) is 11.8 Å². The first-order valence-corrected chi connectivity index (χ1v) is 3.87. The molecule has 12 heavy (non-hydrogen) atoms. The molecule has 0 aromatic carbocycles. The van der Waals surface area contributed by atoms with Crippen LogP contribution in [0.5, 0.6) is 0 Å². The maximum Gasteiger partial charge on any atom is 0.217 e. The lowest BCUT2D eigenvalue weighted by Gasteiger charge is -2.11. The molecule has 0 spiro atoms. The maximum atomic E-state index is 10.7. The highest BCUT2D eigenvalue weighted by molar-refractivity contribution is 7.96. The average Bonchev–Trinajstić information content (AvgIpc) is 1.83. The summed E-state index contributed by atoms with van der Waals surface area (Å²) in [5, 5.41) is 1.83. The van der Waals surface area contributed by atoms with Crippen LogP contribution < -0.4 is 5.32 Å². The van der Waals surface area contributed by atoms with Crippen LogP contribution in [0.4, 0.5) is 0 Å². The minimum atomic E-state index is -0.789. The summed E-state index contributed by atoms with van der Waals surface area (Å²) >= 11 is 3.54. The molecule has 0 bridgehead atoms. The van der Waals surface area contributed by atoms with E-state index in [0.29, 0.717) is 0 Å². The number of carbonyl (C=O) groups is 3. The van der Waals surface area contributed by atoms with Crippen LogP contribution in [-0.2, 0) is 14.4 Å². The Bertz CT molecular complexity index is 199. The maximum absolute atomic E-state index is 10.7. The molecule has 0 heterocycles. The molecule has 1 N–H and O–H groups in total. The number of Topliss-reactive ketones (excluding diaryl/α,β-unsaturated/α-hetero) is 1. The van der Waals surface area contributed by atoms with Crippen LogP contribution in [0.1, 0.15) is 20.3 Å². The predicted octanol–water partition coefficient (Wildman–Crippen LogP) is -0.0734. The average molecular weight is 189 g/mol. The van der Waals surface area contributed by atoms with Gasteiger partial charge in [-0.2, -0.15) is 0 Å². The van der Waals surface area contributed by atoms with Crippen molar-refractivity contribution >= 4 is 29.4 Å². The molecule has 0 saturated carbocycles. The molecule has 68 valence electrons. The van der Waals surface area contributed by atoms with Crippen molar-refractivity contribution in [2.75, 3.05) is 0 Å². The number of ketones is 1. The van der Waals surface area contributed by atoms with Crippen molar-refractivity contribution in [1.82, 2.24) is 5.32 Å². The van der Waals surface area contributed by atoms with Crippen LogP contribution in [0.3, 0.4) is 0 Å². The molecule has 4 nitrogen and oxygen atoms in total. The molecule has 5 heteroatoms. The Hall–Kier alpha value is -0.840. The van der Waals surface area contributed by atoms with Gasteiger partial charge in [0.2, 0.25) is 11.0 Å². The third kappa shape index (κ3) is 4.90. The third-order valence-electron chi connectivity index (χ3n) is 1.17. The first kappa shape index (κ1) is 11.2. The highest BCUT2D eigenvalue weighted by atomic mass is 32.1.